The molecule has 4 N–H and O–H groups in total. The maximum absolute atomic E-state index is 9.14. The van der Waals surface area contributed by atoms with Crippen LogP contribution in [0.1, 0.15) is 0 Å². The predicted molar refractivity (Wildman–Crippen MR) is 47.2 cm³/mol. The van der Waals surface area contributed by atoms with Crippen molar-refractivity contribution in [1.82, 2.24) is 10.2 Å². The molecule has 0 atom stereocenters. The second kappa shape index (κ2) is 2.28. The molecule has 0 unspecified atom stereocenters. The topological polar surface area (TPSA) is 74.9 Å². The fourth-order valence-corrected chi connectivity index (χ4v) is 1.37. The van der Waals surface area contributed by atoms with Crippen LogP contribution in [0.5, 0.6) is 5.75 Å². The zero-order valence-electron chi connectivity index (χ0n) is 6.00. The quantitative estimate of drug-likeness (QED) is 0.542. The number of phenols is 1. The lowest BCUT2D eigenvalue weighted by Gasteiger charge is -1.96. The first-order chi connectivity index (χ1) is 5.68. The molecular formula is C7H6ClN3O. The highest BCUT2D eigenvalue weighted by atomic mass is 35.5. The number of halogens is 1. The lowest BCUT2D eigenvalue weighted by atomic mass is 10.2. The Morgan fingerprint density at radius 3 is 3.00 bits per heavy atom. The number of hydrogen-bond acceptors (Lipinski definition) is 3. The number of aromatic hydroxyl groups is 1. The number of anilines is 1. The van der Waals surface area contributed by atoms with E-state index in [0.717, 1.165) is 0 Å². The van der Waals surface area contributed by atoms with E-state index in [4.69, 9.17) is 22.4 Å². The van der Waals surface area contributed by atoms with Gasteiger partial charge in [0, 0.05) is 17.8 Å². The Hall–Kier alpha value is -1.42. The van der Waals surface area contributed by atoms with E-state index in [1.54, 1.807) is 0 Å². The van der Waals surface area contributed by atoms with Crippen LogP contribution in [0.2, 0.25) is 5.15 Å². The predicted octanol–water partition coefficient (Wildman–Crippen LogP) is 1.50. The molecule has 5 heteroatoms. The Balaban J connectivity index is 2.93. The Morgan fingerprint density at radius 1 is 1.50 bits per heavy atom. The van der Waals surface area contributed by atoms with E-state index in [9.17, 15) is 0 Å². The third kappa shape index (κ3) is 0.887. The number of aromatic nitrogens is 2. The molecule has 62 valence electrons. The normalized spacial score (nSPS) is 10.8. The molecule has 4 nitrogen and oxygen atoms in total. The Kier molecular flexibility index (Phi) is 1.38. The van der Waals surface area contributed by atoms with Crippen molar-refractivity contribution in [3.63, 3.8) is 0 Å². The monoisotopic (exact) mass is 183 g/mol. The van der Waals surface area contributed by atoms with Gasteiger partial charge in [0.1, 0.15) is 10.9 Å². The van der Waals surface area contributed by atoms with E-state index in [1.807, 2.05) is 0 Å². The summed E-state index contributed by atoms with van der Waals surface area (Å²) in [6.45, 7) is 0. The van der Waals surface area contributed by atoms with Gasteiger partial charge in [-0.15, -0.1) is 0 Å². The van der Waals surface area contributed by atoms with E-state index in [2.05, 4.69) is 10.2 Å². The van der Waals surface area contributed by atoms with E-state index < -0.39 is 0 Å². The van der Waals surface area contributed by atoms with Crippen LogP contribution in [0.15, 0.2) is 12.1 Å². The van der Waals surface area contributed by atoms with Gasteiger partial charge in [0.25, 0.3) is 0 Å². The molecule has 0 aliphatic heterocycles. The first kappa shape index (κ1) is 7.24. The number of nitrogens with zero attached hydrogens (tertiary/aromatic N) is 1. The van der Waals surface area contributed by atoms with Crippen LogP contribution in [-0.4, -0.2) is 15.3 Å². The second-order valence-electron chi connectivity index (χ2n) is 2.47. The molecule has 0 saturated heterocycles. The van der Waals surface area contributed by atoms with Crippen LogP contribution in [0.4, 0.5) is 5.69 Å². The van der Waals surface area contributed by atoms with Crippen LogP contribution in [-0.2, 0) is 0 Å². The van der Waals surface area contributed by atoms with E-state index in [0.29, 0.717) is 21.7 Å². The second-order valence-corrected chi connectivity index (χ2v) is 2.84. The molecular weight excluding hydrogens is 178 g/mol. The molecule has 0 fully saturated rings. The molecule has 0 aliphatic carbocycles. The summed E-state index contributed by atoms with van der Waals surface area (Å²) in [4.78, 5) is 0. The van der Waals surface area contributed by atoms with Gasteiger partial charge in [-0.2, -0.15) is 5.10 Å². The van der Waals surface area contributed by atoms with Crippen LogP contribution in [0.3, 0.4) is 0 Å². The summed E-state index contributed by atoms with van der Waals surface area (Å²) in [6.07, 6.45) is 0. The number of phenolic OH excluding ortho intramolecular Hbond substituents is 1. The highest BCUT2D eigenvalue weighted by Gasteiger charge is 2.07. The summed E-state index contributed by atoms with van der Waals surface area (Å²) in [5.41, 5.74) is 6.59. The minimum absolute atomic E-state index is 0.0863. The minimum Gasteiger partial charge on any atom is -0.508 e. The van der Waals surface area contributed by atoms with Gasteiger partial charge < -0.3 is 10.8 Å². The Morgan fingerprint density at radius 2 is 2.25 bits per heavy atom. The van der Waals surface area contributed by atoms with Crippen molar-refractivity contribution in [1.29, 1.82) is 0 Å². The van der Waals surface area contributed by atoms with Crippen LogP contribution in [0.25, 0.3) is 10.9 Å². The first-order valence-corrected chi connectivity index (χ1v) is 3.68. The van der Waals surface area contributed by atoms with Crippen LogP contribution >= 0.6 is 11.6 Å². The molecule has 0 saturated carbocycles. The fraction of sp³-hybridized carbons (Fsp3) is 0. The number of hydrogen-bond donors (Lipinski definition) is 3. The largest absolute Gasteiger partial charge is 0.508 e. The summed E-state index contributed by atoms with van der Waals surface area (Å²) in [5.74, 6) is 0.0863. The third-order valence-corrected chi connectivity index (χ3v) is 1.90. The summed E-state index contributed by atoms with van der Waals surface area (Å²) in [7, 11) is 0. The number of nitrogen functional groups attached to an aromatic ring is 1. The number of nitrogens with two attached hydrogens (primary N) is 1. The number of nitrogens with one attached hydrogen (secondary N) is 1. The number of fused-ring (bicyclic) bond motifs is 1. The van der Waals surface area contributed by atoms with Gasteiger partial charge >= 0.3 is 0 Å². The Bertz CT molecular complexity index is 437. The third-order valence-electron chi connectivity index (χ3n) is 1.63. The smallest absolute Gasteiger partial charge is 0.134 e. The van der Waals surface area contributed by atoms with Gasteiger partial charge in [0.05, 0.1) is 10.9 Å². The van der Waals surface area contributed by atoms with Gasteiger partial charge in [-0.05, 0) is 0 Å². The molecule has 1 heterocycles. The van der Waals surface area contributed by atoms with Gasteiger partial charge in [0.2, 0.25) is 0 Å². The zero-order valence-corrected chi connectivity index (χ0v) is 6.76. The number of rotatable bonds is 0. The van der Waals surface area contributed by atoms with Crippen molar-refractivity contribution in [3.05, 3.63) is 17.3 Å². The average molecular weight is 184 g/mol. The fourth-order valence-electron chi connectivity index (χ4n) is 1.13. The van der Waals surface area contributed by atoms with Crippen molar-refractivity contribution in [2.75, 3.05) is 5.73 Å². The van der Waals surface area contributed by atoms with Gasteiger partial charge in [-0.25, -0.2) is 0 Å². The molecule has 0 bridgehead atoms. The lowest BCUT2D eigenvalue weighted by Crippen LogP contribution is -1.84. The number of aromatic amines is 1. The molecule has 12 heavy (non-hydrogen) atoms. The number of H-pyrrole nitrogens is 1. The van der Waals surface area contributed by atoms with Crippen molar-refractivity contribution in [2.24, 2.45) is 0 Å². The highest BCUT2D eigenvalue weighted by Crippen LogP contribution is 2.29. The van der Waals surface area contributed by atoms with E-state index in [1.165, 1.54) is 12.1 Å². The summed E-state index contributed by atoms with van der Waals surface area (Å²) >= 11 is 5.75. The average Bonchev–Trinajstić information content (AvgIpc) is 2.31. The van der Waals surface area contributed by atoms with Crippen LogP contribution < -0.4 is 5.73 Å². The van der Waals surface area contributed by atoms with E-state index >= 15 is 0 Å². The molecule has 0 spiro atoms. The zero-order chi connectivity index (χ0) is 8.72. The molecule has 2 rings (SSSR count). The molecule has 0 aliphatic rings. The molecule has 0 radical (unpaired) electrons. The highest BCUT2D eigenvalue weighted by molar-refractivity contribution is 6.35. The van der Waals surface area contributed by atoms with Gasteiger partial charge in [0.15, 0.2) is 0 Å². The minimum atomic E-state index is 0.0863. The number of benzene rings is 1. The summed E-state index contributed by atoms with van der Waals surface area (Å²) in [6, 6.07) is 2.93. The molecule has 2 aromatic rings. The van der Waals surface area contributed by atoms with Gasteiger partial charge in [-0.3, -0.25) is 5.10 Å². The standard InChI is InChI=1S/C7H6ClN3O/c8-7-6-4(9)1-3(12)2-5(6)10-11-7/h1-2,12H,9H2,(H,10,11). The maximum Gasteiger partial charge on any atom is 0.134 e. The SMILES string of the molecule is Nc1cc(O)cc2n[nH]c(Cl)c12. The molecule has 1 aromatic carbocycles. The van der Waals surface area contributed by atoms with Crippen molar-refractivity contribution < 1.29 is 5.11 Å². The van der Waals surface area contributed by atoms with Crippen LogP contribution in [0, 0.1) is 0 Å². The van der Waals surface area contributed by atoms with Crippen molar-refractivity contribution in [2.45, 2.75) is 0 Å². The summed E-state index contributed by atoms with van der Waals surface area (Å²) in [5, 5.41) is 16.6. The van der Waals surface area contributed by atoms with E-state index in [-0.39, 0.29) is 5.75 Å². The first-order valence-electron chi connectivity index (χ1n) is 3.30. The van der Waals surface area contributed by atoms with Crippen molar-refractivity contribution >= 4 is 28.2 Å². The molecule has 1 aromatic heterocycles. The Labute approximate surface area is 72.9 Å². The summed E-state index contributed by atoms with van der Waals surface area (Å²) < 4.78 is 0. The van der Waals surface area contributed by atoms with Crippen molar-refractivity contribution in [3.8, 4) is 5.75 Å². The maximum atomic E-state index is 9.14. The molecule has 0 amide bonds. The lowest BCUT2D eigenvalue weighted by molar-refractivity contribution is 0.476. The van der Waals surface area contributed by atoms with Gasteiger partial charge in [-0.1, -0.05) is 11.6 Å².